The standard InChI is InChI=1S/C30H30FN9O2/c1-15-11-21(12-16(2)39(15)30(42)28-35-18(4)37-38-28)26-25(17(3)41)27(32)40-29(36-26)23(14-34-40)20-7-10-24(33-13-20)19-5-8-22(31)9-6-19/h5-10,13-16,21H,11-12,32H2,1-4H3,(H,35,37,38)/t15-,16?,21-/m0/s1. The van der Waals surface area contributed by atoms with Crippen LogP contribution in [-0.2, 0) is 0 Å². The molecule has 0 aliphatic carbocycles. The van der Waals surface area contributed by atoms with Gasteiger partial charge in [0.1, 0.15) is 17.5 Å². The molecule has 1 aliphatic heterocycles. The number of H-pyrrole nitrogens is 1. The summed E-state index contributed by atoms with van der Waals surface area (Å²) in [6, 6.07) is 9.61. The maximum atomic E-state index is 13.4. The Hall–Kier alpha value is -5.00. The Labute approximate surface area is 241 Å². The molecule has 4 aromatic heterocycles. The highest BCUT2D eigenvalue weighted by atomic mass is 19.1. The molecular weight excluding hydrogens is 537 g/mol. The van der Waals surface area contributed by atoms with E-state index in [1.165, 1.54) is 23.6 Å². The number of piperidine rings is 1. The van der Waals surface area contributed by atoms with Gasteiger partial charge in [-0.2, -0.15) is 9.61 Å². The molecule has 3 atom stereocenters. The highest BCUT2D eigenvalue weighted by molar-refractivity contribution is 6.00. The Balaban J connectivity index is 1.36. The van der Waals surface area contributed by atoms with E-state index >= 15 is 0 Å². The Bertz CT molecular complexity index is 1800. The van der Waals surface area contributed by atoms with Crippen LogP contribution in [0.4, 0.5) is 10.2 Å². The van der Waals surface area contributed by atoms with Gasteiger partial charge in [0.25, 0.3) is 5.91 Å². The van der Waals surface area contributed by atoms with Crippen LogP contribution in [0.1, 0.15) is 72.0 Å². The lowest BCUT2D eigenvalue weighted by molar-refractivity contribution is 0.0462. The van der Waals surface area contributed by atoms with Crippen LogP contribution in [0.25, 0.3) is 28.0 Å². The van der Waals surface area contributed by atoms with Crippen molar-refractivity contribution in [3.63, 3.8) is 0 Å². The van der Waals surface area contributed by atoms with Crippen LogP contribution in [0, 0.1) is 12.7 Å². The second kappa shape index (κ2) is 10.4. The number of rotatable bonds is 5. The number of carbonyl (C=O) groups excluding carboxylic acids is 2. The molecule has 0 bridgehead atoms. The fraction of sp³-hybridized carbons (Fsp3) is 0.300. The Kier molecular flexibility index (Phi) is 6.76. The van der Waals surface area contributed by atoms with Crippen LogP contribution < -0.4 is 5.73 Å². The smallest absolute Gasteiger partial charge is 0.292 e. The summed E-state index contributed by atoms with van der Waals surface area (Å²) < 4.78 is 14.8. The zero-order chi connectivity index (χ0) is 29.7. The van der Waals surface area contributed by atoms with E-state index in [1.807, 2.05) is 30.9 Å². The van der Waals surface area contributed by atoms with E-state index in [-0.39, 0.29) is 47.2 Å². The Morgan fingerprint density at radius 2 is 1.69 bits per heavy atom. The van der Waals surface area contributed by atoms with Crippen LogP contribution >= 0.6 is 0 Å². The van der Waals surface area contributed by atoms with Crippen molar-refractivity contribution in [3.8, 4) is 22.4 Å². The number of halogens is 1. The first-order valence-corrected chi connectivity index (χ1v) is 13.7. The fourth-order valence-electron chi connectivity index (χ4n) is 6.01. The number of aromatic amines is 1. The summed E-state index contributed by atoms with van der Waals surface area (Å²) in [5.74, 6) is 0.167. The van der Waals surface area contributed by atoms with Gasteiger partial charge in [0.15, 0.2) is 11.4 Å². The average molecular weight is 568 g/mol. The van der Waals surface area contributed by atoms with E-state index in [1.54, 1.807) is 31.5 Å². The SMILES string of the molecule is CC(=O)c1c([C@@H]2CC(C)N(C(=O)c3nnc(C)[nH]3)[C@@H](C)C2)nc2c(-c3ccc(-c4ccc(F)cc4)nc3)cnn2c1N. The first-order valence-electron chi connectivity index (χ1n) is 13.7. The normalized spacial score (nSPS) is 18.9. The van der Waals surface area contributed by atoms with Gasteiger partial charge in [0.2, 0.25) is 5.82 Å². The number of nitrogens with one attached hydrogen (secondary N) is 1. The highest BCUT2D eigenvalue weighted by Crippen LogP contribution is 2.39. The van der Waals surface area contributed by atoms with Gasteiger partial charge < -0.3 is 15.6 Å². The van der Waals surface area contributed by atoms with Gasteiger partial charge in [0.05, 0.1) is 23.1 Å². The van der Waals surface area contributed by atoms with Crippen LogP contribution in [0.3, 0.4) is 0 Å². The third kappa shape index (κ3) is 4.68. The van der Waals surface area contributed by atoms with E-state index in [2.05, 4.69) is 25.3 Å². The molecule has 5 aromatic rings. The zero-order valence-electron chi connectivity index (χ0n) is 23.7. The maximum absolute atomic E-state index is 13.4. The molecule has 6 rings (SSSR count). The Morgan fingerprint density at radius 1 is 1.00 bits per heavy atom. The molecular formula is C30H30FN9O2. The first kappa shape index (κ1) is 27.2. The number of benzene rings is 1. The van der Waals surface area contributed by atoms with Crippen LogP contribution in [0.5, 0.6) is 0 Å². The monoisotopic (exact) mass is 567 g/mol. The molecule has 1 aromatic carbocycles. The number of nitrogens with zero attached hydrogens (tertiary/aromatic N) is 7. The number of nitrogen functional groups attached to an aromatic ring is 1. The summed E-state index contributed by atoms with van der Waals surface area (Å²) in [4.78, 5) is 40.4. The van der Waals surface area contributed by atoms with Crippen molar-refractivity contribution in [1.29, 1.82) is 0 Å². The number of aryl methyl sites for hydroxylation is 1. The minimum absolute atomic E-state index is 0.122. The summed E-state index contributed by atoms with van der Waals surface area (Å²) in [7, 11) is 0. The number of hydrogen-bond acceptors (Lipinski definition) is 8. The van der Waals surface area contributed by atoms with E-state index < -0.39 is 0 Å². The predicted molar refractivity (Wildman–Crippen MR) is 154 cm³/mol. The van der Waals surface area contributed by atoms with Gasteiger partial charge in [-0.25, -0.2) is 9.37 Å². The van der Waals surface area contributed by atoms with Gasteiger partial charge in [-0.15, -0.1) is 10.2 Å². The van der Waals surface area contributed by atoms with E-state index in [9.17, 15) is 14.0 Å². The van der Waals surface area contributed by atoms with Gasteiger partial charge in [0, 0.05) is 40.9 Å². The first-order chi connectivity index (χ1) is 20.1. The molecule has 42 heavy (non-hydrogen) atoms. The average Bonchev–Trinajstić information content (AvgIpc) is 3.59. The summed E-state index contributed by atoms with van der Waals surface area (Å²) in [5.41, 5.74) is 11.0. The molecule has 3 N–H and O–H groups in total. The highest BCUT2D eigenvalue weighted by Gasteiger charge is 2.38. The number of pyridine rings is 1. The van der Waals surface area contributed by atoms with Crippen molar-refractivity contribution >= 4 is 23.2 Å². The number of likely N-dealkylation sites (tertiary alicyclic amines) is 1. The van der Waals surface area contributed by atoms with Crippen molar-refractivity contribution < 1.29 is 14.0 Å². The van der Waals surface area contributed by atoms with Crippen molar-refractivity contribution in [3.05, 3.63) is 77.5 Å². The van der Waals surface area contributed by atoms with Crippen molar-refractivity contribution in [2.75, 3.05) is 5.73 Å². The minimum Gasteiger partial charge on any atom is -0.383 e. The molecule has 0 saturated carbocycles. The molecule has 5 heterocycles. The number of fused-ring (bicyclic) bond motifs is 1. The summed E-state index contributed by atoms with van der Waals surface area (Å²) in [6.45, 7) is 7.19. The predicted octanol–water partition coefficient (Wildman–Crippen LogP) is 4.61. The number of carbonyl (C=O) groups is 2. The van der Waals surface area contributed by atoms with Gasteiger partial charge in [-0.3, -0.25) is 14.6 Å². The molecule has 1 saturated heterocycles. The summed E-state index contributed by atoms with van der Waals surface area (Å²) >= 11 is 0. The summed E-state index contributed by atoms with van der Waals surface area (Å²) in [6.07, 6.45) is 4.55. The molecule has 11 nitrogen and oxygen atoms in total. The number of amides is 1. The molecule has 1 aliphatic rings. The lowest BCUT2D eigenvalue weighted by Gasteiger charge is -2.42. The number of ketones is 1. The van der Waals surface area contributed by atoms with Crippen molar-refractivity contribution in [2.45, 2.75) is 58.5 Å². The largest absolute Gasteiger partial charge is 0.383 e. The number of aromatic nitrogens is 7. The second-order valence-electron chi connectivity index (χ2n) is 10.9. The molecule has 214 valence electrons. The second-order valence-corrected chi connectivity index (χ2v) is 10.9. The van der Waals surface area contributed by atoms with Gasteiger partial charge >= 0.3 is 0 Å². The lowest BCUT2D eigenvalue weighted by atomic mass is 9.82. The molecule has 0 spiro atoms. The lowest BCUT2D eigenvalue weighted by Crippen LogP contribution is -2.50. The number of Topliss-reactive ketones (excluding diaryl/α,β-unsaturated/α-hetero) is 1. The van der Waals surface area contributed by atoms with Crippen molar-refractivity contribution in [1.82, 2.24) is 39.7 Å². The van der Waals surface area contributed by atoms with Gasteiger partial charge in [-0.05, 0) is 70.9 Å². The topological polar surface area (TPSA) is 148 Å². The van der Waals surface area contributed by atoms with E-state index in [4.69, 9.17) is 10.7 Å². The molecule has 1 fully saturated rings. The third-order valence-electron chi connectivity index (χ3n) is 7.90. The zero-order valence-corrected chi connectivity index (χ0v) is 23.7. The number of hydrogen-bond donors (Lipinski definition) is 2. The number of anilines is 1. The van der Waals surface area contributed by atoms with Crippen molar-refractivity contribution in [2.24, 2.45) is 0 Å². The quantitative estimate of drug-likeness (QED) is 0.293. The van der Waals surface area contributed by atoms with Crippen LogP contribution in [-0.4, -0.2) is 63.4 Å². The summed E-state index contributed by atoms with van der Waals surface area (Å²) in [5, 5.41) is 12.4. The minimum atomic E-state index is -0.308. The molecule has 1 unspecified atom stereocenters. The molecule has 12 heteroatoms. The maximum Gasteiger partial charge on any atom is 0.292 e. The van der Waals surface area contributed by atoms with Crippen LogP contribution in [0.2, 0.25) is 0 Å². The molecule has 1 amide bonds. The molecule has 0 radical (unpaired) electrons. The van der Waals surface area contributed by atoms with E-state index in [0.29, 0.717) is 46.8 Å². The van der Waals surface area contributed by atoms with Gasteiger partial charge in [-0.1, -0.05) is 6.07 Å². The Morgan fingerprint density at radius 3 is 2.29 bits per heavy atom. The fourth-order valence-corrected chi connectivity index (χ4v) is 6.01. The van der Waals surface area contributed by atoms with E-state index in [0.717, 1.165) is 11.1 Å². The number of nitrogens with two attached hydrogens (primary N) is 1. The van der Waals surface area contributed by atoms with Crippen LogP contribution in [0.15, 0.2) is 48.8 Å². The third-order valence-corrected chi connectivity index (χ3v) is 7.90.